The monoisotopic (exact) mass is 158 g/mol. The van der Waals surface area contributed by atoms with Crippen LogP contribution in [-0.4, -0.2) is 28.9 Å². The van der Waals surface area contributed by atoms with Gasteiger partial charge >= 0.3 is 5.97 Å². The fourth-order valence-electron chi connectivity index (χ4n) is 0.875. The average molecular weight is 158 g/mol. The summed E-state index contributed by atoms with van der Waals surface area (Å²) < 4.78 is 0. The molecular weight excluding hydrogens is 148 g/mol. The molecule has 0 saturated carbocycles. The Morgan fingerprint density at radius 3 is 3.00 bits per heavy atom. The largest absolute Gasteiger partial charge is 0.480 e. The van der Waals surface area contributed by atoms with Crippen molar-refractivity contribution in [1.29, 1.82) is 0 Å². The maximum absolute atomic E-state index is 10.3. The van der Waals surface area contributed by atoms with Crippen LogP contribution in [0.15, 0.2) is 5.16 Å². The van der Waals surface area contributed by atoms with Gasteiger partial charge in [0, 0.05) is 6.42 Å². The van der Waals surface area contributed by atoms with Gasteiger partial charge in [-0.25, -0.2) is 0 Å². The molecule has 0 radical (unpaired) electrons. The smallest absolute Gasteiger partial charge is 0.324 e. The summed E-state index contributed by atoms with van der Waals surface area (Å²) in [6, 6.07) is -0.976. The Balaban J connectivity index is 2.47. The first-order valence-corrected chi connectivity index (χ1v) is 3.29. The van der Waals surface area contributed by atoms with Crippen LogP contribution in [-0.2, 0) is 9.63 Å². The van der Waals surface area contributed by atoms with E-state index in [0.29, 0.717) is 6.42 Å². The van der Waals surface area contributed by atoms with Crippen LogP contribution in [0.1, 0.15) is 13.3 Å². The van der Waals surface area contributed by atoms with E-state index in [1.165, 1.54) is 0 Å². The molecule has 1 rings (SSSR count). The van der Waals surface area contributed by atoms with Gasteiger partial charge in [-0.2, -0.15) is 0 Å². The number of nitrogens with zero attached hydrogens (tertiary/aromatic N) is 1. The summed E-state index contributed by atoms with van der Waals surface area (Å²) in [4.78, 5) is 15.1. The number of carboxylic acids is 1. The predicted octanol–water partition coefficient (Wildman–Crippen LogP) is -0.437. The summed E-state index contributed by atoms with van der Waals surface area (Å²) in [7, 11) is 0. The zero-order valence-electron chi connectivity index (χ0n) is 6.15. The summed E-state index contributed by atoms with van der Waals surface area (Å²) in [5.74, 6) is -1.06. The minimum Gasteiger partial charge on any atom is -0.480 e. The molecule has 0 aromatic rings. The third-order valence-electron chi connectivity index (χ3n) is 1.53. The molecule has 0 aliphatic carbocycles. The molecule has 1 aliphatic rings. The Kier molecular flexibility index (Phi) is 2.09. The lowest BCUT2D eigenvalue weighted by atomic mass is 10.1. The second kappa shape index (κ2) is 2.87. The first-order chi connectivity index (χ1) is 5.11. The number of aliphatic carboxylic acids is 1. The van der Waals surface area contributed by atoms with E-state index in [4.69, 9.17) is 15.7 Å². The molecule has 11 heavy (non-hydrogen) atoms. The van der Waals surface area contributed by atoms with E-state index in [0.717, 1.165) is 5.71 Å². The summed E-state index contributed by atoms with van der Waals surface area (Å²) in [6.07, 6.45) is 0.0144. The number of carboxylic acid groups (broad SMARTS) is 1. The number of hydrogen-bond donors (Lipinski definition) is 2. The topological polar surface area (TPSA) is 84.9 Å². The standard InChI is InChI=1S/C6H10N2O3/c1-3-2-4(11-8-3)5(7)6(9)10/h4-5H,2,7H2,1H3,(H,9,10). The lowest BCUT2D eigenvalue weighted by molar-refractivity contribution is -0.141. The van der Waals surface area contributed by atoms with E-state index in [9.17, 15) is 4.79 Å². The molecule has 0 amide bonds. The molecule has 1 aliphatic heterocycles. The molecule has 0 spiro atoms. The summed E-state index contributed by atoms with van der Waals surface area (Å²) in [5.41, 5.74) is 6.07. The number of oxime groups is 1. The van der Waals surface area contributed by atoms with Crippen LogP contribution in [0.4, 0.5) is 0 Å². The minimum atomic E-state index is -1.06. The van der Waals surface area contributed by atoms with E-state index in [1.54, 1.807) is 6.92 Å². The molecule has 3 N–H and O–H groups in total. The van der Waals surface area contributed by atoms with E-state index in [1.807, 2.05) is 0 Å². The molecule has 1 heterocycles. The van der Waals surface area contributed by atoms with Gasteiger partial charge in [-0.05, 0) is 6.92 Å². The van der Waals surface area contributed by atoms with Crippen molar-refractivity contribution in [2.45, 2.75) is 25.5 Å². The Labute approximate surface area is 63.8 Å². The van der Waals surface area contributed by atoms with Crippen molar-refractivity contribution in [3.05, 3.63) is 0 Å². The van der Waals surface area contributed by atoms with Gasteiger partial charge in [0.05, 0.1) is 5.71 Å². The Morgan fingerprint density at radius 2 is 2.64 bits per heavy atom. The average Bonchev–Trinajstić information content (AvgIpc) is 2.34. The van der Waals surface area contributed by atoms with Gasteiger partial charge in [-0.3, -0.25) is 4.79 Å². The fraction of sp³-hybridized carbons (Fsp3) is 0.667. The van der Waals surface area contributed by atoms with E-state index < -0.39 is 18.1 Å². The SMILES string of the molecule is CC1=NOC(C(N)C(=O)O)C1. The number of carbonyl (C=O) groups is 1. The van der Waals surface area contributed by atoms with Gasteiger partial charge in [0.15, 0.2) is 6.10 Å². The third kappa shape index (κ3) is 1.68. The molecule has 2 atom stereocenters. The van der Waals surface area contributed by atoms with Gasteiger partial charge in [0.25, 0.3) is 0 Å². The molecular formula is C6H10N2O3. The summed E-state index contributed by atoms with van der Waals surface area (Å²) in [6.45, 7) is 1.77. The molecule has 0 aromatic carbocycles. The van der Waals surface area contributed by atoms with Crippen LogP contribution in [0, 0.1) is 0 Å². The quantitative estimate of drug-likeness (QED) is 0.570. The van der Waals surface area contributed by atoms with Crippen molar-refractivity contribution < 1.29 is 14.7 Å². The van der Waals surface area contributed by atoms with Crippen molar-refractivity contribution in [2.24, 2.45) is 10.9 Å². The summed E-state index contributed by atoms with van der Waals surface area (Å²) >= 11 is 0. The fourth-order valence-corrected chi connectivity index (χ4v) is 0.875. The van der Waals surface area contributed by atoms with Crippen LogP contribution in [0.5, 0.6) is 0 Å². The van der Waals surface area contributed by atoms with Crippen molar-refractivity contribution in [2.75, 3.05) is 0 Å². The van der Waals surface area contributed by atoms with Crippen molar-refractivity contribution in [3.63, 3.8) is 0 Å². The molecule has 0 saturated heterocycles. The van der Waals surface area contributed by atoms with Gasteiger partial charge in [-0.15, -0.1) is 0 Å². The van der Waals surface area contributed by atoms with E-state index in [2.05, 4.69) is 5.16 Å². The third-order valence-corrected chi connectivity index (χ3v) is 1.53. The van der Waals surface area contributed by atoms with Gasteiger partial charge in [-0.1, -0.05) is 5.16 Å². The highest BCUT2D eigenvalue weighted by Gasteiger charge is 2.30. The highest BCUT2D eigenvalue weighted by Crippen LogP contribution is 2.12. The van der Waals surface area contributed by atoms with Gasteiger partial charge < -0.3 is 15.7 Å². The van der Waals surface area contributed by atoms with Gasteiger partial charge in [0.2, 0.25) is 0 Å². The minimum absolute atomic E-state index is 0.493. The van der Waals surface area contributed by atoms with E-state index >= 15 is 0 Å². The zero-order chi connectivity index (χ0) is 8.43. The first kappa shape index (κ1) is 8.00. The molecule has 0 bridgehead atoms. The van der Waals surface area contributed by atoms with E-state index in [-0.39, 0.29) is 0 Å². The summed E-state index contributed by atoms with van der Waals surface area (Å²) in [5, 5.41) is 12.1. The maximum atomic E-state index is 10.3. The Morgan fingerprint density at radius 1 is 2.00 bits per heavy atom. The number of nitrogens with two attached hydrogens (primary N) is 1. The van der Waals surface area contributed by atoms with Crippen molar-refractivity contribution in [1.82, 2.24) is 0 Å². The normalized spacial score (nSPS) is 25.6. The Bertz CT molecular complexity index is 202. The van der Waals surface area contributed by atoms with Gasteiger partial charge in [0.1, 0.15) is 6.04 Å². The van der Waals surface area contributed by atoms with Crippen LogP contribution < -0.4 is 5.73 Å². The second-order valence-corrected chi connectivity index (χ2v) is 2.54. The molecule has 5 heteroatoms. The zero-order valence-corrected chi connectivity index (χ0v) is 6.15. The van der Waals surface area contributed by atoms with Crippen molar-refractivity contribution in [3.8, 4) is 0 Å². The van der Waals surface area contributed by atoms with Crippen LogP contribution in [0.25, 0.3) is 0 Å². The molecule has 2 unspecified atom stereocenters. The molecule has 0 fully saturated rings. The predicted molar refractivity (Wildman–Crippen MR) is 38.2 cm³/mol. The van der Waals surface area contributed by atoms with Crippen LogP contribution in [0.3, 0.4) is 0 Å². The second-order valence-electron chi connectivity index (χ2n) is 2.54. The lowest BCUT2D eigenvalue weighted by Crippen LogP contribution is -2.41. The Hall–Kier alpha value is -1.10. The highest BCUT2D eigenvalue weighted by atomic mass is 16.6. The number of rotatable bonds is 2. The highest BCUT2D eigenvalue weighted by molar-refractivity contribution is 5.84. The molecule has 5 nitrogen and oxygen atoms in total. The first-order valence-electron chi connectivity index (χ1n) is 3.29. The van der Waals surface area contributed by atoms with Crippen LogP contribution in [0.2, 0.25) is 0 Å². The van der Waals surface area contributed by atoms with Crippen LogP contribution >= 0.6 is 0 Å². The van der Waals surface area contributed by atoms with Crippen molar-refractivity contribution >= 4 is 11.7 Å². The maximum Gasteiger partial charge on any atom is 0.324 e. The molecule has 0 aromatic heterocycles. The number of hydrogen-bond acceptors (Lipinski definition) is 4. The molecule has 62 valence electrons. The lowest BCUT2D eigenvalue weighted by Gasteiger charge is -2.11.